The van der Waals surface area contributed by atoms with Gasteiger partial charge in [-0.2, -0.15) is 0 Å². The third-order valence-corrected chi connectivity index (χ3v) is 18.4. The van der Waals surface area contributed by atoms with Crippen LogP contribution in [0.1, 0.15) is 101 Å². The Balaban J connectivity index is 0.882. The molecule has 394 valence electrons. The normalized spacial score (nSPS) is 12.8. The molecule has 1 aliphatic rings. The lowest BCUT2D eigenvalue weighted by atomic mass is 9.78. The first-order chi connectivity index (χ1) is 39.9. The number of fused-ring (bicyclic) bond motifs is 9. The zero-order valence-corrected chi connectivity index (χ0v) is 47.5. The molecule has 0 nitrogen and oxygen atoms in total. The second-order valence-corrected chi connectivity index (χ2v) is 23.7. The molecular weight excluding hydrogens is 973 g/mol. The summed E-state index contributed by atoms with van der Waals surface area (Å²) in [6.45, 7) is 9.46. The Labute approximate surface area is 478 Å². The minimum Gasteiger partial charge on any atom is -0.0654 e. The molecule has 81 heavy (non-hydrogen) atoms. The second kappa shape index (κ2) is 21.1. The van der Waals surface area contributed by atoms with Crippen molar-refractivity contribution in [2.75, 3.05) is 0 Å². The Hall–Kier alpha value is -8.58. The van der Waals surface area contributed by atoms with E-state index in [4.69, 9.17) is 0 Å². The van der Waals surface area contributed by atoms with Crippen molar-refractivity contribution in [3.05, 3.63) is 253 Å². The Morgan fingerprint density at radius 3 is 0.765 bits per heavy atom. The number of hydrogen-bond acceptors (Lipinski definition) is 0. The third kappa shape index (κ3) is 8.65. The smallest absolute Gasteiger partial charge is 0.0159 e. The van der Waals surface area contributed by atoms with Gasteiger partial charge in [0.1, 0.15) is 0 Å². The molecule has 13 aromatic rings. The molecule has 0 aromatic heterocycles. The van der Waals surface area contributed by atoms with Gasteiger partial charge in [-0.25, -0.2) is 0 Å². The molecule has 0 saturated carbocycles. The summed E-state index contributed by atoms with van der Waals surface area (Å²) in [5.74, 6) is 0. The van der Waals surface area contributed by atoms with Gasteiger partial charge in [-0.3, -0.25) is 0 Å². The van der Waals surface area contributed by atoms with E-state index in [9.17, 15) is 0 Å². The lowest BCUT2D eigenvalue weighted by Crippen LogP contribution is -2.15. The van der Waals surface area contributed by atoms with Gasteiger partial charge < -0.3 is 0 Å². The van der Waals surface area contributed by atoms with Crippen LogP contribution >= 0.6 is 0 Å². The summed E-state index contributed by atoms with van der Waals surface area (Å²) in [6, 6.07) is 88.6. The lowest BCUT2D eigenvalue weighted by molar-refractivity contribution is 0.661. The molecular formula is C81H70. The van der Waals surface area contributed by atoms with E-state index in [1.165, 1.54) is 205 Å². The largest absolute Gasteiger partial charge is 0.0654 e. The third-order valence-electron chi connectivity index (χ3n) is 18.4. The van der Waals surface area contributed by atoms with E-state index in [-0.39, 0.29) is 5.41 Å². The number of hydrogen-bond donors (Lipinski definition) is 0. The van der Waals surface area contributed by atoms with E-state index in [2.05, 4.69) is 258 Å². The lowest BCUT2D eigenvalue weighted by Gasteiger charge is -2.24. The van der Waals surface area contributed by atoms with Crippen LogP contribution in [0.4, 0.5) is 0 Å². The molecule has 0 radical (unpaired) electrons. The molecule has 13 aromatic carbocycles. The van der Waals surface area contributed by atoms with Crippen LogP contribution in [-0.4, -0.2) is 0 Å². The van der Waals surface area contributed by atoms with Crippen LogP contribution in [0.3, 0.4) is 0 Å². The zero-order chi connectivity index (χ0) is 54.6. The van der Waals surface area contributed by atoms with Crippen LogP contribution in [0.25, 0.3) is 131 Å². The van der Waals surface area contributed by atoms with Crippen LogP contribution in [-0.2, 0) is 18.3 Å². The van der Waals surface area contributed by atoms with E-state index >= 15 is 0 Å². The number of benzene rings is 13. The van der Waals surface area contributed by atoms with E-state index < -0.39 is 0 Å². The molecule has 0 N–H and O–H groups in total. The monoisotopic (exact) mass is 1040 g/mol. The fourth-order valence-corrected chi connectivity index (χ4v) is 14.4. The average Bonchev–Trinajstić information content (AvgIpc) is 3.99. The Morgan fingerprint density at radius 2 is 0.494 bits per heavy atom. The van der Waals surface area contributed by atoms with Crippen molar-refractivity contribution in [3.63, 3.8) is 0 Å². The molecule has 0 aliphatic heterocycles. The minimum atomic E-state index is -0.249. The molecule has 0 spiro atoms. The first-order valence-electron chi connectivity index (χ1n) is 30.2. The molecule has 0 fully saturated rings. The van der Waals surface area contributed by atoms with E-state index in [1.54, 1.807) is 0 Å². The summed E-state index contributed by atoms with van der Waals surface area (Å²) in [5.41, 5.74) is 20.9. The Kier molecular flexibility index (Phi) is 13.2. The van der Waals surface area contributed by atoms with E-state index in [0.29, 0.717) is 0 Å². The number of aryl methyl sites for hydroxylation is 2. The zero-order valence-electron chi connectivity index (χ0n) is 47.5. The quantitative estimate of drug-likeness (QED) is 0.0709. The van der Waals surface area contributed by atoms with Crippen LogP contribution in [0.5, 0.6) is 0 Å². The average molecular weight is 1040 g/mol. The van der Waals surface area contributed by atoms with Gasteiger partial charge in [0.2, 0.25) is 0 Å². The fourth-order valence-electron chi connectivity index (χ4n) is 14.4. The molecule has 0 atom stereocenters. The summed E-state index contributed by atoms with van der Waals surface area (Å²) >= 11 is 0. The van der Waals surface area contributed by atoms with Gasteiger partial charge >= 0.3 is 0 Å². The topological polar surface area (TPSA) is 0 Å². The fraction of sp³-hybridized carbons (Fsp3) is 0.185. The van der Waals surface area contributed by atoms with Crippen LogP contribution in [0.15, 0.2) is 231 Å². The van der Waals surface area contributed by atoms with Crippen molar-refractivity contribution >= 4 is 64.6 Å². The molecule has 0 saturated heterocycles. The molecule has 0 amide bonds. The standard InChI is InChI=1S/C81H70/c1-5-7-9-11-25-53-39-43-55(44-40-53)75-61-27-13-15-29-63(61)77(64-30-16-14-28-62(64)75)57-47-49-59-60-50-48-58(52-74(60)81(3,4)73(59)51-57)78-67-33-19-23-37-71(67)80(72-38-24-20-34-68(72)78)79-69-35-21-17-31-65(69)76(66-32-18-22-36-70(66)79)56-45-41-54(42-46-56)26-12-10-8-6-2/h13-24,27-52H,5-12,25-26H2,1-4H3. The molecule has 14 rings (SSSR count). The van der Waals surface area contributed by atoms with Crippen LogP contribution in [0.2, 0.25) is 0 Å². The van der Waals surface area contributed by atoms with Crippen molar-refractivity contribution in [3.8, 4) is 66.8 Å². The van der Waals surface area contributed by atoms with Crippen molar-refractivity contribution in [2.24, 2.45) is 0 Å². The van der Waals surface area contributed by atoms with Crippen molar-refractivity contribution < 1.29 is 0 Å². The van der Waals surface area contributed by atoms with E-state index in [0.717, 1.165) is 12.8 Å². The summed E-state index contributed by atoms with van der Waals surface area (Å²) in [4.78, 5) is 0. The number of rotatable bonds is 15. The highest BCUT2D eigenvalue weighted by atomic mass is 14.4. The Morgan fingerprint density at radius 1 is 0.247 bits per heavy atom. The van der Waals surface area contributed by atoms with Gasteiger partial charge in [-0.1, -0.05) is 285 Å². The summed E-state index contributed by atoms with van der Waals surface area (Å²) in [6.07, 6.45) is 12.5. The summed E-state index contributed by atoms with van der Waals surface area (Å²) in [7, 11) is 0. The maximum Gasteiger partial charge on any atom is 0.0159 e. The summed E-state index contributed by atoms with van der Waals surface area (Å²) in [5, 5.41) is 15.4. The van der Waals surface area contributed by atoms with Gasteiger partial charge in [0.05, 0.1) is 0 Å². The Bertz CT molecular complexity index is 4380. The SMILES string of the molecule is CCCCCCc1ccc(-c2c3ccccc3c(-c3ccc4c(c3)C(C)(C)c3cc(-c5c6ccccc6c(-c6c7ccccc7c(-c7ccc(CCCCCC)cc7)c7ccccc67)c6ccccc56)ccc3-4)c3ccccc23)cc1. The van der Waals surface area contributed by atoms with Gasteiger partial charge in [0.25, 0.3) is 0 Å². The van der Waals surface area contributed by atoms with Crippen LogP contribution in [0, 0.1) is 0 Å². The maximum atomic E-state index is 2.54. The van der Waals surface area contributed by atoms with Gasteiger partial charge in [-0.05, 0) is 191 Å². The molecule has 0 heteroatoms. The van der Waals surface area contributed by atoms with E-state index in [1.807, 2.05) is 0 Å². The molecule has 0 unspecified atom stereocenters. The second-order valence-electron chi connectivity index (χ2n) is 23.7. The van der Waals surface area contributed by atoms with Crippen molar-refractivity contribution in [2.45, 2.75) is 97.3 Å². The predicted octanol–water partition coefficient (Wildman–Crippen LogP) is 23.5. The first-order valence-corrected chi connectivity index (χ1v) is 30.2. The maximum absolute atomic E-state index is 2.54. The summed E-state index contributed by atoms with van der Waals surface area (Å²) < 4.78 is 0. The van der Waals surface area contributed by atoms with Crippen molar-refractivity contribution in [1.82, 2.24) is 0 Å². The van der Waals surface area contributed by atoms with Crippen LogP contribution < -0.4 is 0 Å². The van der Waals surface area contributed by atoms with Gasteiger partial charge in [-0.15, -0.1) is 0 Å². The van der Waals surface area contributed by atoms with Gasteiger partial charge in [0.15, 0.2) is 0 Å². The highest BCUT2D eigenvalue weighted by Crippen LogP contribution is 2.55. The van der Waals surface area contributed by atoms with Gasteiger partial charge in [0, 0.05) is 5.41 Å². The highest BCUT2D eigenvalue weighted by molar-refractivity contribution is 6.30. The molecule has 0 heterocycles. The highest BCUT2D eigenvalue weighted by Gasteiger charge is 2.37. The first kappa shape index (κ1) is 50.6. The molecule has 1 aliphatic carbocycles. The van der Waals surface area contributed by atoms with Crippen molar-refractivity contribution in [1.29, 1.82) is 0 Å². The predicted molar refractivity (Wildman–Crippen MR) is 352 cm³/mol. The number of unbranched alkanes of at least 4 members (excludes halogenated alkanes) is 6. The minimum absolute atomic E-state index is 0.249. The molecule has 0 bridgehead atoms.